The van der Waals surface area contributed by atoms with Crippen LogP contribution in [0.5, 0.6) is 0 Å². The van der Waals surface area contributed by atoms with Gasteiger partial charge in [-0.25, -0.2) is 0 Å². The van der Waals surface area contributed by atoms with E-state index in [1.807, 2.05) is 45.0 Å². The zero-order chi connectivity index (χ0) is 14.0. The quantitative estimate of drug-likeness (QED) is 0.780. The first-order valence-electron chi connectivity index (χ1n) is 6.11. The number of thioether (sulfide) groups is 1. The molecule has 0 saturated carbocycles. The number of esters is 1. The number of anilines is 1. The number of carbonyl (C=O) groups excluding carboxylic acids is 2. The predicted molar refractivity (Wildman–Crippen MR) is 75.4 cm³/mol. The molecule has 0 aromatic heterocycles. The molecule has 4 nitrogen and oxygen atoms in total. The van der Waals surface area contributed by atoms with Crippen molar-refractivity contribution in [2.45, 2.75) is 31.3 Å². The van der Waals surface area contributed by atoms with Gasteiger partial charge >= 0.3 is 5.97 Å². The number of benzene rings is 1. The van der Waals surface area contributed by atoms with Gasteiger partial charge < -0.3 is 4.74 Å². The van der Waals surface area contributed by atoms with Gasteiger partial charge in [-0.15, -0.1) is 11.8 Å². The molecule has 0 atom stereocenters. The van der Waals surface area contributed by atoms with E-state index in [4.69, 9.17) is 4.74 Å². The maximum atomic E-state index is 12.0. The smallest absolute Gasteiger partial charge is 0.326 e. The van der Waals surface area contributed by atoms with Crippen LogP contribution in [0.4, 0.5) is 5.69 Å². The van der Waals surface area contributed by atoms with Crippen LogP contribution in [-0.4, -0.2) is 29.8 Å². The summed E-state index contributed by atoms with van der Waals surface area (Å²) in [7, 11) is 0. The van der Waals surface area contributed by atoms with Gasteiger partial charge in [0.05, 0.1) is 11.4 Å². The number of hydrogen-bond donors (Lipinski definition) is 0. The lowest BCUT2D eigenvalue weighted by Gasteiger charge is -2.29. The molecule has 0 unspecified atom stereocenters. The van der Waals surface area contributed by atoms with E-state index >= 15 is 0 Å². The van der Waals surface area contributed by atoms with Gasteiger partial charge in [0.1, 0.15) is 12.1 Å². The van der Waals surface area contributed by atoms with Gasteiger partial charge in [-0.1, -0.05) is 12.1 Å². The maximum Gasteiger partial charge on any atom is 0.326 e. The van der Waals surface area contributed by atoms with Crippen molar-refractivity contribution < 1.29 is 14.3 Å². The minimum atomic E-state index is -0.538. The number of nitrogens with zero attached hydrogens (tertiary/aromatic N) is 1. The van der Waals surface area contributed by atoms with E-state index in [2.05, 4.69) is 0 Å². The van der Waals surface area contributed by atoms with Crippen molar-refractivity contribution in [3.63, 3.8) is 0 Å². The van der Waals surface area contributed by atoms with Crippen molar-refractivity contribution >= 4 is 29.3 Å². The Morgan fingerprint density at radius 1 is 1.37 bits per heavy atom. The molecule has 5 heteroatoms. The highest BCUT2D eigenvalue weighted by Crippen LogP contribution is 2.34. The Balaban J connectivity index is 2.16. The summed E-state index contributed by atoms with van der Waals surface area (Å²) >= 11 is 1.50. The van der Waals surface area contributed by atoms with Crippen LogP contribution in [0.1, 0.15) is 20.8 Å². The summed E-state index contributed by atoms with van der Waals surface area (Å²) in [4.78, 5) is 26.3. The summed E-state index contributed by atoms with van der Waals surface area (Å²) in [5.41, 5.74) is 0.249. The number of amides is 1. The van der Waals surface area contributed by atoms with E-state index in [1.54, 1.807) is 0 Å². The van der Waals surface area contributed by atoms with Gasteiger partial charge in [0.25, 0.3) is 0 Å². The highest BCUT2D eigenvalue weighted by atomic mass is 32.2. The minimum Gasteiger partial charge on any atom is -0.459 e. The molecule has 2 rings (SSSR count). The van der Waals surface area contributed by atoms with E-state index in [-0.39, 0.29) is 18.4 Å². The van der Waals surface area contributed by atoms with Crippen LogP contribution in [0.2, 0.25) is 0 Å². The molecule has 0 spiro atoms. The second-order valence-electron chi connectivity index (χ2n) is 5.32. The molecule has 0 fully saturated rings. The Morgan fingerprint density at radius 2 is 2.05 bits per heavy atom. The van der Waals surface area contributed by atoms with Crippen molar-refractivity contribution in [3.05, 3.63) is 24.3 Å². The van der Waals surface area contributed by atoms with Gasteiger partial charge in [0.2, 0.25) is 5.91 Å². The number of para-hydroxylation sites is 1. The van der Waals surface area contributed by atoms with Gasteiger partial charge in [-0.05, 0) is 32.9 Å². The monoisotopic (exact) mass is 279 g/mol. The highest BCUT2D eigenvalue weighted by molar-refractivity contribution is 8.00. The number of hydrogen-bond acceptors (Lipinski definition) is 4. The molecule has 0 bridgehead atoms. The van der Waals surface area contributed by atoms with E-state index < -0.39 is 5.60 Å². The molecular formula is C14H17NO3S. The van der Waals surface area contributed by atoms with Crippen LogP contribution in [-0.2, 0) is 14.3 Å². The molecular weight excluding hydrogens is 262 g/mol. The van der Waals surface area contributed by atoms with E-state index in [9.17, 15) is 9.59 Å². The average molecular weight is 279 g/mol. The molecule has 1 heterocycles. The lowest BCUT2D eigenvalue weighted by Crippen LogP contribution is -2.41. The summed E-state index contributed by atoms with van der Waals surface area (Å²) < 4.78 is 5.26. The van der Waals surface area contributed by atoms with Crippen LogP contribution < -0.4 is 4.90 Å². The summed E-state index contributed by atoms with van der Waals surface area (Å²) in [5.74, 6) is -0.0862. The van der Waals surface area contributed by atoms with Crippen molar-refractivity contribution in [2.24, 2.45) is 0 Å². The normalized spacial score (nSPS) is 15.1. The van der Waals surface area contributed by atoms with Gasteiger partial charge in [0, 0.05) is 4.90 Å². The first kappa shape index (κ1) is 13.9. The topological polar surface area (TPSA) is 46.6 Å². The van der Waals surface area contributed by atoms with Gasteiger partial charge in [-0.2, -0.15) is 0 Å². The maximum absolute atomic E-state index is 12.0. The molecule has 0 radical (unpaired) electrons. The fourth-order valence-electron chi connectivity index (χ4n) is 1.83. The van der Waals surface area contributed by atoms with Crippen LogP contribution in [0.3, 0.4) is 0 Å². The standard InChI is InChI=1S/C14H17NO3S/c1-14(2,3)18-13(17)8-15-10-6-4-5-7-11(10)19-9-12(15)16/h4-7H,8-9H2,1-3H3. The third-order valence-electron chi connectivity index (χ3n) is 2.52. The van der Waals surface area contributed by atoms with Gasteiger partial charge in [0.15, 0.2) is 0 Å². The van der Waals surface area contributed by atoms with Crippen LogP contribution in [0, 0.1) is 0 Å². The Morgan fingerprint density at radius 3 is 2.74 bits per heavy atom. The van der Waals surface area contributed by atoms with E-state index in [0.29, 0.717) is 5.75 Å². The summed E-state index contributed by atoms with van der Waals surface area (Å²) in [6.45, 7) is 5.40. The Hall–Kier alpha value is -1.49. The largest absolute Gasteiger partial charge is 0.459 e. The number of fused-ring (bicyclic) bond motifs is 1. The van der Waals surface area contributed by atoms with Crippen LogP contribution in [0.15, 0.2) is 29.2 Å². The number of carbonyl (C=O) groups is 2. The number of rotatable bonds is 2. The lowest BCUT2D eigenvalue weighted by molar-refractivity contribution is -0.153. The molecule has 1 amide bonds. The summed E-state index contributed by atoms with van der Waals surface area (Å²) in [6, 6.07) is 7.59. The molecule has 0 saturated heterocycles. The second-order valence-corrected chi connectivity index (χ2v) is 6.34. The average Bonchev–Trinajstić information content (AvgIpc) is 2.31. The molecule has 1 aliphatic heterocycles. The molecule has 102 valence electrons. The predicted octanol–water partition coefficient (Wildman–Crippen LogP) is 2.47. The second kappa shape index (κ2) is 5.25. The Labute approximate surface area is 117 Å². The van der Waals surface area contributed by atoms with Gasteiger partial charge in [-0.3, -0.25) is 14.5 Å². The van der Waals surface area contributed by atoms with Crippen molar-refractivity contribution in [1.82, 2.24) is 0 Å². The van der Waals surface area contributed by atoms with E-state index in [0.717, 1.165) is 10.6 Å². The summed E-state index contributed by atoms with van der Waals surface area (Å²) in [6.07, 6.45) is 0. The first-order valence-corrected chi connectivity index (χ1v) is 7.09. The van der Waals surface area contributed by atoms with Crippen molar-refractivity contribution in [1.29, 1.82) is 0 Å². The zero-order valence-corrected chi connectivity index (χ0v) is 12.1. The summed E-state index contributed by atoms with van der Waals surface area (Å²) in [5, 5.41) is 0. The lowest BCUT2D eigenvalue weighted by atomic mass is 10.2. The van der Waals surface area contributed by atoms with E-state index in [1.165, 1.54) is 16.7 Å². The van der Waals surface area contributed by atoms with Crippen molar-refractivity contribution in [3.8, 4) is 0 Å². The molecule has 1 aliphatic rings. The Bertz CT molecular complexity index is 508. The fourth-order valence-corrected chi connectivity index (χ4v) is 2.77. The van der Waals surface area contributed by atoms with Crippen LogP contribution in [0.25, 0.3) is 0 Å². The molecule has 1 aromatic rings. The molecule has 0 aliphatic carbocycles. The SMILES string of the molecule is CC(C)(C)OC(=O)CN1C(=O)CSc2ccccc21. The first-order chi connectivity index (χ1) is 8.87. The van der Waals surface area contributed by atoms with Crippen LogP contribution >= 0.6 is 11.8 Å². The zero-order valence-electron chi connectivity index (χ0n) is 11.3. The Kier molecular flexibility index (Phi) is 3.85. The fraction of sp³-hybridized carbons (Fsp3) is 0.429. The van der Waals surface area contributed by atoms with Crippen molar-refractivity contribution in [2.75, 3.05) is 17.2 Å². The highest BCUT2D eigenvalue weighted by Gasteiger charge is 2.28. The molecule has 0 N–H and O–H groups in total. The molecule has 1 aromatic carbocycles. The third-order valence-corrected chi connectivity index (χ3v) is 3.56. The number of ether oxygens (including phenoxy) is 1. The molecule has 19 heavy (non-hydrogen) atoms. The minimum absolute atomic E-state index is 0.0341. The third kappa shape index (κ3) is 3.50.